The van der Waals surface area contributed by atoms with E-state index in [1.165, 1.54) is 7.11 Å². The average molecular weight is 300 g/mol. The zero-order valence-corrected chi connectivity index (χ0v) is 12.0. The van der Waals surface area contributed by atoms with E-state index in [0.717, 1.165) is 0 Å². The van der Waals surface area contributed by atoms with Crippen LogP contribution in [-0.2, 0) is 9.59 Å². The third kappa shape index (κ3) is 3.77. The second-order valence-electron chi connectivity index (χ2n) is 4.49. The number of nitrogens with two attached hydrogens (primary N) is 1. The Kier molecular flexibility index (Phi) is 5.64. The van der Waals surface area contributed by atoms with Gasteiger partial charge in [0.25, 0.3) is 0 Å². The lowest BCUT2D eigenvalue weighted by atomic mass is 9.98. The maximum atomic E-state index is 12.0. The van der Waals surface area contributed by atoms with Gasteiger partial charge < -0.3 is 21.1 Å². The third-order valence-electron chi connectivity index (χ3n) is 3.13. The number of rotatable bonds is 3. The number of carbonyl (C=O) groups excluding carboxylic acids is 2. The summed E-state index contributed by atoms with van der Waals surface area (Å²) >= 11 is 0. The largest absolute Gasteiger partial charge is 0.495 e. The van der Waals surface area contributed by atoms with Crippen LogP contribution in [0.2, 0.25) is 0 Å². The number of carbonyl (C=O) groups is 2. The highest BCUT2D eigenvalue weighted by molar-refractivity contribution is 5.94. The van der Waals surface area contributed by atoms with Gasteiger partial charge in [0.1, 0.15) is 5.75 Å². The third-order valence-corrected chi connectivity index (χ3v) is 3.13. The zero-order chi connectivity index (χ0) is 13.8. The molecule has 1 heterocycles. The fourth-order valence-corrected chi connectivity index (χ4v) is 2.01. The first-order valence-electron chi connectivity index (χ1n) is 6.11. The van der Waals surface area contributed by atoms with Crippen molar-refractivity contribution in [2.24, 2.45) is 5.92 Å². The molecule has 20 heavy (non-hydrogen) atoms. The molecule has 7 heteroatoms. The van der Waals surface area contributed by atoms with Crippen LogP contribution in [0.3, 0.4) is 0 Å². The van der Waals surface area contributed by atoms with Gasteiger partial charge in [-0.25, -0.2) is 0 Å². The SMILES string of the molecule is COc1ccc(NC(=O)C2CCC(=O)NC2)cc1N.Cl. The van der Waals surface area contributed by atoms with E-state index in [4.69, 9.17) is 10.5 Å². The highest BCUT2D eigenvalue weighted by atomic mass is 35.5. The van der Waals surface area contributed by atoms with Gasteiger partial charge in [-0.1, -0.05) is 0 Å². The van der Waals surface area contributed by atoms with Gasteiger partial charge in [0, 0.05) is 18.7 Å². The van der Waals surface area contributed by atoms with Crippen LogP contribution in [0.25, 0.3) is 0 Å². The Hall–Kier alpha value is -1.95. The van der Waals surface area contributed by atoms with Crippen molar-refractivity contribution < 1.29 is 14.3 Å². The first-order valence-corrected chi connectivity index (χ1v) is 6.11. The van der Waals surface area contributed by atoms with E-state index in [2.05, 4.69) is 10.6 Å². The fraction of sp³-hybridized carbons (Fsp3) is 0.385. The van der Waals surface area contributed by atoms with Crippen LogP contribution in [-0.4, -0.2) is 25.5 Å². The number of amides is 2. The number of piperidine rings is 1. The summed E-state index contributed by atoms with van der Waals surface area (Å²) in [5, 5.41) is 5.48. The lowest BCUT2D eigenvalue weighted by Gasteiger charge is -2.21. The van der Waals surface area contributed by atoms with E-state index in [1.54, 1.807) is 18.2 Å². The predicted octanol–water partition coefficient (Wildman–Crippen LogP) is 1.16. The molecule has 1 fully saturated rings. The minimum absolute atomic E-state index is 0. The smallest absolute Gasteiger partial charge is 0.229 e. The molecule has 110 valence electrons. The first-order chi connectivity index (χ1) is 9.10. The molecule has 0 saturated carbocycles. The van der Waals surface area contributed by atoms with Crippen molar-refractivity contribution in [3.63, 3.8) is 0 Å². The molecular formula is C13H18ClN3O3. The predicted molar refractivity (Wildman–Crippen MR) is 79.0 cm³/mol. The summed E-state index contributed by atoms with van der Waals surface area (Å²) in [6.45, 7) is 0.385. The quantitative estimate of drug-likeness (QED) is 0.730. The van der Waals surface area contributed by atoms with Gasteiger partial charge in [0.2, 0.25) is 11.8 Å². The summed E-state index contributed by atoms with van der Waals surface area (Å²) in [5.74, 6) is 0.270. The van der Waals surface area contributed by atoms with Gasteiger partial charge in [-0.3, -0.25) is 9.59 Å². The Bertz CT molecular complexity index is 498. The number of hydrogen-bond acceptors (Lipinski definition) is 4. The molecule has 2 amide bonds. The average Bonchev–Trinajstić information content (AvgIpc) is 2.39. The molecule has 1 aliphatic heterocycles. The second kappa shape index (κ2) is 7.00. The van der Waals surface area contributed by atoms with Gasteiger partial charge in [0.15, 0.2) is 0 Å². The molecular weight excluding hydrogens is 282 g/mol. The first kappa shape index (κ1) is 16.1. The van der Waals surface area contributed by atoms with Crippen LogP contribution < -0.4 is 21.1 Å². The van der Waals surface area contributed by atoms with E-state index < -0.39 is 0 Å². The van der Waals surface area contributed by atoms with Crippen LogP contribution in [0.5, 0.6) is 5.75 Å². The van der Waals surface area contributed by atoms with E-state index in [-0.39, 0.29) is 30.1 Å². The molecule has 0 aliphatic carbocycles. The van der Waals surface area contributed by atoms with Crippen molar-refractivity contribution in [3.05, 3.63) is 18.2 Å². The number of anilines is 2. The topological polar surface area (TPSA) is 93.4 Å². The molecule has 1 aromatic carbocycles. The monoisotopic (exact) mass is 299 g/mol. The molecule has 1 saturated heterocycles. The highest BCUT2D eigenvalue weighted by Crippen LogP contribution is 2.25. The fourth-order valence-electron chi connectivity index (χ4n) is 2.01. The van der Waals surface area contributed by atoms with Crippen molar-refractivity contribution in [2.75, 3.05) is 24.7 Å². The Morgan fingerprint density at radius 1 is 1.50 bits per heavy atom. The summed E-state index contributed by atoms with van der Waals surface area (Å²) in [7, 11) is 1.54. The lowest BCUT2D eigenvalue weighted by Crippen LogP contribution is -2.40. The summed E-state index contributed by atoms with van der Waals surface area (Å²) in [6.07, 6.45) is 0.964. The summed E-state index contributed by atoms with van der Waals surface area (Å²) in [6, 6.07) is 5.08. The van der Waals surface area contributed by atoms with Crippen LogP contribution in [0, 0.1) is 5.92 Å². The van der Waals surface area contributed by atoms with Crippen molar-refractivity contribution in [1.29, 1.82) is 0 Å². The maximum absolute atomic E-state index is 12.0. The van der Waals surface area contributed by atoms with Gasteiger partial charge in [-0.2, -0.15) is 0 Å². The molecule has 1 aromatic rings. The molecule has 1 aliphatic rings. The standard InChI is InChI=1S/C13H17N3O3.ClH/c1-19-11-4-3-9(6-10(11)14)16-13(18)8-2-5-12(17)15-7-8;/h3-4,6,8H,2,5,7,14H2,1H3,(H,15,17)(H,16,18);1H. The molecule has 0 aromatic heterocycles. The van der Waals surface area contributed by atoms with Crippen molar-refractivity contribution in [2.45, 2.75) is 12.8 Å². The molecule has 1 unspecified atom stereocenters. The lowest BCUT2D eigenvalue weighted by molar-refractivity contribution is -0.126. The van der Waals surface area contributed by atoms with Gasteiger partial charge in [0.05, 0.1) is 18.7 Å². The summed E-state index contributed by atoms with van der Waals surface area (Å²) < 4.78 is 5.05. The number of ether oxygens (including phenoxy) is 1. The van der Waals surface area contributed by atoms with Crippen molar-refractivity contribution in [3.8, 4) is 5.75 Å². The van der Waals surface area contributed by atoms with Crippen LogP contribution >= 0.6 is 12.4 Å². The van der Waals surface area contributed by atoms with Gasteiger partial charge >= 0.3 is 0 Å². The summed E-state index contributed by atoms with van der Waals surface area (Å²) in [5.41, 5.74) is 6.87. The van der Waals surface area contributed by atoms with Crippen LogP contribution in [0.1, 0.15) is 12.8 Å². The van der Waals surface area contributed by atoms with Crippen molar-refractivity contribution >= 4 is 35.6 Å². The Balaban J connectivity index is 0.00000200. The molecule has 6 nitrogen and oxygen atoms in total. The molecule has 0 radical (unpaired) electrons. The second-order valence-corrected chi connectivity index (χ2v) is 4.49. The molecule has 2 rings (SSSR count). The minimum Gasteiger partial charge on any atom is -0.495 e. The highest BCUT2D eigenvalue weighted by Gasteiger charge is 2.24. The summed E-state index contributed by atoms with van der Waals surface area (Å²) in [4.78, 5) is 23.0. The zero-order valence-electron chi connectivity index (χ0n) is 11.1. The Morgan fingerprint density at radius 3 is 2.80 bits per heavy atom. The van der Waals surface area contributed by atoms with E-state index in [1.807, 2.05) is 0 Å². The van der Waals surface area contributed by atoms with Gasteiger partial charge in [-0.15, -0.1) is 12.4 Å². The molecule has 0 spiro atoms. The number of methoxy groups -OCH3 is 1. The molecule has 1 atom stereocenters. The van der Waals surface area contributed by atoms with Crippen LogP contribution in [0.4, 0.5) is 11.4 Å². The molecule has 0 bridgehead atoms. The van der Waals surface area contributed by atoms with Crippen LogP contribution in [0.15, 0.2) is 18.2 Å². The number of nitrogen functional groups attached to an aromatic ring is 1. The number of benzene rings is 1. The number of halogens is 1. The normalized spacial score (nSPS) is 17.6. The van der Waals surface area contributed by atoms with E-state index in [9.17, 15) is 9.59 Å². The van der Waals surface area contributed by atoms with E-state index >= 15 is 0 Å². The van der Waals surface area contributed by atoms with Gasteiger partial charge in [-0.05, 0) is 24.6 Å². The number of nitrogens with one attached hydrogen (secondary N) is 2. The van der Waals surface area contributed by atoms with Crippen molar-refractivity contribution in [1.82, 2.24) is 5.32 Å². The Morgan fingerprint density at radius 2 is 2.25 bits per heavy atom. The molecule has 4 N–H and O–H groups in total. The Labute approximate surface area is 123 Å². The minimum atomic E-state index is -0.193. The number of hydrogen-bond donors (Lipinski definition) is 3. The maximum Gasteiger partial charge on any atom is 0.229 e. The van der Waals surface area contributed by atoms with E-state index in [0.29, 0.717) is 36.5 Å².